The van der Waals surface area contributed by atoms with Crippen LogP contribution in [0, 0.1) is 5.82 Å². The average Bonchev–Trinajstić information content (AvgIpc) is 3.24. The number of hydrogen-bond donors (Lipinski definition) is 0. The second kappa shape index (κ2) is 9.26. The molecule has 8 heteroatoms. The van der Waals surface area contributed by atoms with E-state index in [2.05, 4.69) is 15.1 Å². The molecule has 0 radical (unpaired) electrons. The van der Waals surface area contributed by atoms with Crippen molar-refractivity contribution >= 4 is 28.7 Å². The fourth-order valence-corrected chi connectivity index (χ4v) is 4.53. The Labute approximate surface area is 184 Å². The van der Waals surface area contributed by atoms with Crippen LogP contribution in [0.4, 0.5) is 4.39 Å². The number of likely N-dealkylation sites (N-methyl/N-ethyl adjacent to an activating group) is 1. The summed E-state index contributed by atoms with van der Waals surface area (Å²) in [6.45, 7) is 5.23. The molecular weight excluding hydrogens is 413 g/mol. The van der Waals surface area contributed by atoms with Crippen LogP contribution in [-0.2, 0) is 4.79 Å². The Morgan fingerprint density at radius 3 is 2.45 bits per heavy atom. The summed E-state index contributed by atoms with van der Waals surface area (Å²) in [5.41, 5.74) is 2.22. The Hall–Kier alpha value is -3.26. The molecule has 6 nitrogen and oxygen atoms in total. The summed E-state index contributed by atoms with van der Waals surface area (Å²) in [6, 6.07) is 15.8. The van der Waals surface area contributed by atoms with Crippen LogP contribution in [0.15, 0.2) is 72.1 Å². The molecule has 31 heavy (non-hydrogen) atoms. The lowest BCUT2D eigenvalue weighted by Gasteiger charge is -2.25. The van der Waals surface area contributed by atoms with E-state index in [-0.39, 0.29) is 11.7 Å². The van der Waals surface area contributed by atoms with E-state index in [1.54, 1.807) is 23.0 Å². The van der Waals surface area contributed by atoms with Gasteiger partial charge in [0.25, 0.3) is 0 Å². The van der Waals surface area contributed by atoms with Crippen LogP contribution in [0.25, 0.3) is 16.7 Å². The smallest absolute Gasteiger partial charge is 0.240 e. The topological polar surface area (TPSA) is 63.9 Å². The molecule has 158 valence electrons. The van der Waals surface area contributed by atoms with Gasteiger partial charge < -0.3 is 4.90 Å². The number of aromatic nitrogens is 4. The van der Waals surface area contributed by atoms with Crippen LogP contribution in [0.2, 0.25) is 0 Å². The van der Waals surface area contributed by atoms with Crippen molar-refractivity contribution in [3.8, 4) is 5.69 Å². The lowest BCUT2D eigenvalue weighted by Crippen LogP contribution is -2.33. The van der Waals surface area contributed by atoms with E-state index in [9.17, 15) is 9.18 Å². The molecule has 0 N–H and O–H groups in total. The van der Waals surface area contributed by atoms with E-state index < -0.39 is 5.25 Å². The summed E-state index contributed by atoms with van der Waals surface area (Å²) >= 11 is 1.39. The Morgan fingerprint density at radius 1 is 1.06 bits per heavy atom. The summed E-state index contributed by atoms with van der Waals surface area (Å²) in [5.74, 6) is -0.273. The van der Waals surface area contributed by atoms with Gasteiger partial charge in [0.1, 0.15) is 22.4 Å². The lowest BCUT2D eigenvalue weighted by atomic mass is 10.1. The molecule has 0 spiro atoms. The maximum Gasteiger partial charge on any atom is 0.240 e. The van der Waals surface area contributed by atoms with Crippen molar-refractivity contribution in [1.29, 1.82) is 0 Å². The van der Waals surface area contributed by atoms with Crippen molar-refractivity contribution in [2.24, 2.45) is 0 Å². The number of hydrogen-bond acceptors (Lipinski definition) is 5. The van der Waals surface area contributed by atoms with E-state index in [4.69, 9.17) is 0 Å². The molecule has 1 unspecified atom stereocenters. The minimum absolute atomic E-state index is 0.0406. The van der Waals surface area contributed by atoms with Crippen molar-refractivity contribution in [3.05, 3.63) is 78.5 Å². The summed E-state index contributed by atoms with van der Waals surface area (Å²) in [7, 11) is 0. The molecule has 0 aliphatic rings. The second-order valence-electron chi connectivity index (χ2n) is 6.87. The van der Waals surface area contributed by atoms with E-state index in [1.807, 2.05) is 49.1 Å². The molecule has 0 fully saturated rings. The molecule has 0 saturated heterocycles. The van der Waals surface area contributed by atoms with Crippen LogP contribution in [0.5, 0.6) is 0 Å². The number of rotatable bonds is 7. The normalized spacial score (nSPS) is 12.1. The Kier molecular flexibility index (Phi) is 6.27. The first-order chi connectivity index (χ1) is 15.1. The number of halogens is 1. The third-order valence-corrected chi connectivity index (χ3v) is 6.29. The van der Waals surface area contributed by atoms with Gasteiger partial charge in [-0.25, -0.2) is 19.0 Å². The largest absolute Gasteiger partial charge is 0.342 e. The van der Waals surface area contributed by atoms with Crippen LogP contribution < -0.4 is 0 Å². The van der Waals surface area contributed by atoms with Crippen LogP contribution in [0.3, 0.4) is 0 Å². The van der Waals surface area contributed by atoms with Gasteiger partial charge in [-0.3, -0.25) is 4.79 Å². The van der Waals surface area contributed by atoms with Gasteiger partial charge in [-0.1, -0.05) is 42.1 Å². The quantitative estimate of drug-likeness (QED) is 0.312. The van der Waals surface area contributed by atoms with Crippen LogP contribution >= 0.6 is 11.8 Å². The summed E-state index contributed by atoms with van der Waals surface area (Å²) in [6.07, 6.45) is 3.15. The van der Waals surface area contributed by atoms with Gasteiger partial charge in [-0.15, -0.1) is 0 Å². The van der Waals surface area contributed by atoms with E-state index in [1.165, 1.54) is 30.2 Å². The highest BCUT2D eigenvalue weighted by Crippen LogP contribution is 2.38. The third kappa shape index (κ3) is 4.29. The standard InChI is InChI=1S/C23H22FN5OS/c1-3-28(4-2)23(30)20(16-8-6-5-7-9-16)31-22-19-14-27-29(21(19)25-15-26-22)18-12-10-17(24)11-13-18/h5-15,20H,3-4H2,1-2H3. The summed E-state index contributed by atoms with van der Waals surface area (Å²) in [5, 5.41) is 5.41. The van der Waals surface area contributed by atoms with Gasteiger partial charge in [-0.2, -0.15) is 5.10 Å². The maximum absolute atomic E-state index is 13.3. The molecule has 2 heterocycles. The second-order valence-corrected chi connectivity index (χ2v) is 7.96. The molecule has 4 rings (SSSR count). The molecule has 0 aliphatic heterocycles. The summed E-state index contributed by atoms with van der Waals surface area (Å²) in [4.78, 5) is 24.0. The fraction of sp³-hybridized carbons (Fsp3) is 0.217. The molecular formula is C23H22FN5OS. The van der Waals surface area contributed by atoms with Gasteiger partial charge in [-0.05, 0) is 43.7 Å². The van der Waals surface area contributed by atoms with E-state index in [0.717, 1.165) is 10.9 Å². The monoisotopic (exact) mass is 435 g/mol. The molecule has 0 aliphatic carbocycles. The Bertz CT molecular complexity index is 1180. The number of thioether (sulfide) groups is 1. The number of benzene rings is 2. The van der Waals surface area contributed by atoms with Gasteiger partial charge in [0.2, 0.25) is 5.91 Å². The minimum atomic E-state index is -0.437. The molecule has 4 aromatic rings. The highest BCUT2D eigenvalue weighted by molar-refractivity contribution is 8.00. The van der Waals surface area contributed by atoms with Crippen molar-refractivity contribution in [3.63, 3.8) is 0 Å². The predicted octanol–water partition coefficient (Wildman–Crippen LogP) is 4.66. The average molecular weight is 436 g/mol. The highest BCUT2D eigenvalue weighted by Gasteiger charge is 2.27. The number of fused-ring (bicyclic) bond motifs is 1. The fourth-order valence-electron chi connectivity index (χ4n) is 3.39. The number of carbonyl (C=O) groups is 1. The first-order valence-corrected chi connectivity index (χ1v) is 10.9. The van der Waals surface area contributed by atoms with Crippen LogP contribution in [0.1, 0.15) is 24.7 Å². The Balaban J connectivity index is 1.74. The van der Waals surface area contributed by atoms with E-state index >= 15 is 0 Å². The van der Waals surface area contributed by atoms with Crippen molar-refractivity contribution in [2.45, 2.75) is 24.1 Å². The minimum Gasteiger partial charge on any atom is -0.342 e. The van der Waals surface area contributed by atoms with Gasteiger partial charge >= 0.3 is 0 Å². The van der Waals surface area contributed by atoms with Crippen LogP contribution in [-0.4, -0.2) is 43.6 Å². The van der Waals surface area contributed by atoms with Crippen molar-refractivity contribution in [1.82, 2.24) is 24.6 Å². The number of amides is 1. The third-order valence-electron chi connectivity index (χ3n) is 5.03. The van der Waals surface area contributed by atoms with Gasteiger partial charge in [0.15, 0.2) is 5.65 Å². The zero-order valence-corrected chi connectivity index (χ0v) is 18.1. The first-order valence-electron chi connectivity index (χ1n) is 10.1. The maximum atomic E-state index is 13.3. The molecule has 0 bridgehead atoms. The van der Waals surface area contributed by atoms with Gasteiger partial charge in [0, 0.05) is 13.1 Å². The zero-order valence-electron chi connectivity index (χ0n) is 17.3. The zero-order chi connectivity index (χ0) is 21.8. The molecule has 2 aromatic carbocycles. The molecule has 1 atom stereocenters. The Morgan fingerprint density at radius 2 is 1.77 bits per heavy atom. The molecule has 1 amide bonds. The van der Waals surface area contributed by atoms with Gasteiger partial charge in [0.05, 0.1) is 17.3 Å². The molecule has 2 aromatic heterocycles. The lowest BCUT2D eigenvalue weighted by molar-refractivity contribution is -0.130. The van der Waals surface area contributed by atoms with Crippen molar-refractivity contribution < 1.29 is 9.18 Å². The predicted molar refractivity (Wildman–Crippen MR) is 120 cm³/mol. The number of carbonyl (C=O) groups excluding carboxylic acids is 1. The number of nitrogens with zero attached hydrogens (tertiary/aromatic N) is 5. The summed E-state index contributed by atoms with van der Waals surface area (Å²) < 4.78 is 15.0. The van der Waals surface area contributed by atoms with Crippen molar-refractivity contribution in [2.75, 3.05) is 13.1 Å². The molecule has 0 saturated carbocycles. The SMILES string of the molecule is CCN(CC)C(=O)C(Sc1ncnc2c1cnn2-c1ccc(F)cc1)c1ccccc1. The first kappa shape index (κ1) is 21.0. The van der Waals surface area contributed by atoms with E-state index in [0.29, 0.717) is 29.5 Å². The highest BCUT2D eigenvalue weighted by atomic mass is 32.2.